The van der Waals surface area contributed by atoms with Crippen molar-refractivity contribution in [2.75, 3.05) is 69.9 Å². The Morgan fingerprint density at radius 3 is 2.64 bits per heavy atom. The van der Waals surface area contributed by atoms with Crippen molar-refractivity contribution in [3.8, 4) is 17.1 Å². The molecule has 3 heterocycles. The van der Waals surface area contributed by atoms with E-state index < -0.39 is 6.10 Å². The average molecular weight is 458 g/mol. The number of aliphatic hydroxyl groups excluding tert-OH is 1. The van der Waals surface area contributed by atoms with Gasteiger partial charge in [-0.1, -0.05) is 12.1 Å². The van der Waals surface area contributed by atoms with Crippen LogP contribution in [-0.4, -0.2) is 86.4 Å². The van der Waals surface area contributed by atoms with Crippen molar-refractivity contribution in [3.05, 3.63) is 30.3 Å². The van der Waals surface area contributed by atoms with E-state index in [-0.39, 0.29) is 12.1 Å². The molecule has 0 aliphatic carbocycles. The van der Waals surface area contributed by atoms with E-state index in [0.717, 1.165) is 56.3 Å². The summed E-state index contributed by atoms with van der Waals surface area (Å²) >= 11 is 0. The highest BCUT2D eigenvalue weighted by molar-refractivity contribution is 5.63. The summed E-state index contributed by atoms with van der Waals surface area (Å²) in [6, 6.07) is 9.74. The van der Waals surface area contributed by atoms with E-state index in [1.807, 2.05) is 30.3 Å². The maximum absolute atomic E-state index is 9.95. The first-order chi connectivity index (χ1) is 16.0. The van der Waals surface area contributed by atoms with Crippen molar-refractivity contribution in [2.45, 2.75) is 31.4 Å². The molecule has 9 nitrogen and oxygen atoms in total. The topological polar surface area (TPSA) is 101 Å². The van der Waals surface area contributed by atoms with Crippen LogP contribution in [-0.2, 0) is 9.47 Å². The van der Waals surface area contributed by atoms with Crippen molar-refractivity contribution in [2.24, 2.45) is 0 Å². The van der Waals surface area contributed by atoms with Crippen molar-refractivity contribution in [1.82, 2.24) is 15.3 Å². The zero-order valence-electron chi connectivity index (χ0n) is 19.5. The van der Waals surface area contributed by atoms with Crippen LogP contribution in [0.3, 0.4) is 0 Å². The molecule has 9 heteroatoms. The summed E-state index contributed by atoms with van der Waals surface area (Å²) < 4.78 is 16.9. The Kier molecular flexibility index (Phi) is 7.97. The first kappa shape index (κ1) is 23.7. The van der Waals surface area contributed by atoms with Gasteiger partial charge < -0.3 is 34.9 Å². The maximum Gasteiger partial charge on any atom is 0.163 e. The van der Waals surface area contributed by atoms with Gasteiger partial charge in [-0.25, -0.2) is 9.97 Å². The number of ether oxygens (including phenoxy) is 3. The number of nitrogens with one attached hydrogen (secondary N) is 2. The van der Waals surface area contributed by atoms with Gasteiger partial charge in [-0.15, -0.1) is 0 Å². The van der Waals surface area contributed by atoms with Gasteiger partial charge in [0, 0.05) is 50.0 Å². The largest absolute Gasteiger partial charge is 0.491 e. The molecule has 2 aromatic rings. The molecule has 1 unspecified atom stereocenters. The molecular formula is C24H35N5O4. The predicted octanol–water partition coefficient (Wildman–Crippen LogP) is 1.92. The highest BCUT2D eigenvalue weighted by Gasteiger charge is 2.28. The van der Waals surface area contributed by atoms with Crippen LogP contribution in [0.5, 0.6) is 5.75 Å². The molecule has 2 fully saturated rings. The molecule has 180 valence electrons. The highest BCUT2D eigenvalue weighted by Crippen LogP contribution is 2.29. The summed E-state index contributed by atoms with van der Waals surface area (Å²) in [5, 5.41) is 16.5. The molecule has 0 radical (unpaired) electrons. The van der Waals surface area contributed by atoms with Crippen LogP contribution >= 0.6 is 0 Å². The summed E-state index contributed by atoms with van der Waals surface area (Å²) in [6.45, 7) is 7.38. The van der Waals surface area contributed by atoms with Gasteiger partial charge in [0.25, 0.3) is 0 Å². The number of aromatic nitrogens is 2. The number of hydrogen-bond acceptors (Lipinski definition) is 9. The summed E-state index contributed by atoms with van der Waals surface area (Å²) in [6.07, 6.45) is 1.28. The molecular weight excluding hydrogens is 422 g/mol. The Bertz CT molecular complexity index is 900. The van der Waals surface area contributed by atoms with Crippen LogP contribution in [0, 0.1) is 0 Å². The second-order valence-electron chi connectivity index (χ2n) is 8.88. The Balaban J connectivity index is 1.60. The lowest BCUT2D eigenvalue weighted by Crippen LogP contribution is -2.41. The number of benzene rings is 1. The molecule has 3 N–H and O–H groups in total. The second-order valence-corrected chi connectivity index (χ2v) is 8.88. The van der Waals surface area contributed by atoms with Crippen molar-refractivity contribution in [3.63, 3.8) is 0 Å². The van der Waals surface area contributed by atoms with E-state index in [9.17, 15) is 5.11 Å². The summed E-state index contributed by atoms with van der Waals surface area (Å²) in [7, 11) is 1.80. The first-order valence-corrected chi connectivity index (χ1v) is 11.7. The number of nitrogens with zero attached hydrogens (tertiary/aromatic N) is 3. The van der Waals surface area contributed by atoms with Gasteiger partial charge in [0.1, 0.15) is 30.1 Å². The molecule has 0 saturated carbocycles. The third-order valence-corrected chi connectivity index (χ3v) is 6.05. The van der Waals surface area contributed by atoms with Crippen LogP contribution < -0.4 is 20.3 Å². The van der Waals surface area contributed by atoms with Gasteiger partial charge in [-0.2, -0.15) is 0 Å². The number of morpholine rings is 1. The lowest BCUT2D eigenvalue weighted by molar-refractivity contribution is 0.0657. The minimum absolute atomic E-state index is 0.0689. The third-order valence-electron chi connectivity index (χ3n) is 6.05. The molecule has 2 aliphatic rings. The van der Waals surface area contributed by atoms with Gasteiger partial charge in [-0.3, -0.25) is 0 Å². The molecule has 0 amide bonds. The van der Waals surface area contributed by atoms with Crippen LogP contribution in [0.2, 0.25) is 0 Å². The summed E-state index contributed by atoms with van der Waals surface area (Å²) in [5.74, 6) is 3.01. The molecule has 1 aromatic carbocycles. The summed E-state index contributed by atoms with van der Waals surface area (Å²) in [4.78, 5) is 12.0. The van der Waals surface area contributed by atoms with E-state index in [0.29, 0.717) is 31.3 Å². The fraction of sp³-hybridized carbons (Fsp3) is 0.583. The Morgan fingerprint density at radius 1 is 1.12 bits per heavy atom. The smallest absolute Gasteiger partial charge is 0.163 e. The van der Waals surface area contributed by atoms with E-state index >= 15 is 0 Å². The minimum Gasteiger partial charge on any atom is -0.491 e. The Morgan fingerprint density at radius 2 is 1.88 bits per heavy atom. The molecule has 1 atom stereocenters. The highest BCUT2D eigenvalue weighted by atomic mass is 16.5. The van der Waals surface area contributed by atoms with Crippen molar-refractivity contribution < 1.29 is 19.3 Å². The van der Waals surface area contributed by atoms with Gasteiger partial charge in [-0.05, 0) is 38.9 Å². The third kappa shape index (κ3) is 6.54. The summed E-state index contributed by atoms with van der Waals surface area (Å²) in [5.41, 5.74) is 0.798. The number of hydrogen-bond donors (Lipinski definition) is 3. The van der Waals surface area contributed by atoms with Gasteiger partial charge >= 0.3 is 0 Å². The van der Waals surface area contributed by atoms with Crippen molar-refractivity contribution >= 4 is 11.6 Å². The van der Waals surface area contributed by atoms with Crippen LogP contribution in [0.1, 0.15) is 19.8 Å². The molecule has 0 spiro atoms. The van der Waals surface area contributed by atoms with Crippen LogP contribution in [0.4, 0.5) is 11.6 Å². The SMILES string of the molecule is CNCC(O)COc1cccc(-c2nc(NC3(C)CCOCC3)cc(N3CCOCC3)n2)c1. The molecule has 1 aromatic heterocycles. The standard InChI is InChI=1S/C24H35N5O4/c1-24(6-10-31-11-7-24)28-21-15-22(29-8-12-32-13-9-29)27-23(26-21)18-4-3-5-20(14-18)33-17-19(30)16-25-2/h3-5,14-15,19,25,30H,6-13,16-17H2,1-2H3,(H,26,27,28). The van der Waals surface area contributed by atoms with Crippen LogP contribution in [0.25, 0.3) is 11.4 Å². The fourth-order valence-electron chi connectivity index (χ4n) is 4.05. The van der Waals surface area contributed by atoms with E-state index in [2.05, 4.69) is 22.5 Å². The number of rotatable bonds is 9. The molecule has 33 heavy (non-hydrogen) atoms. The molecule has 4 rings (SSSR count). The van der Waals surface area contributed by atoms with Gasteiger partial charge in [0.2, 0.25) is 0 Å². The maximum atomic E-state index is 9.95. The number of likely N-dealkylation sites (N-methyl/N-ethyl adjacent to an activating group) is 1. The Labute approximate surface area is 195 Å². The van der Waals surface area contributed by atoms with Crippen LogP contribution in [0.15, 0.2) is 30.3 Å². The molecule has 0 bridgehead atoms. The number of anilines is 2. The van der Waals surface area contributed by atoms with E-state index in [1.165, 1.54) is 0 Å². The monoisotopic (exact) mass is 457 g/mol. The first-order valence-electron chi connectivity index (χ1n) is 11.7. The normalized spacial score (nSPS) is 19.2. The quantitative estimate of drug-likeness (QED) is 0.521. The lowest BCUT2D eigenvalue weighted by atomic mass is 9.92. The zero-order valence-corrected chi connectivity index (χ0v) is 19.5. The minimum atomic E-state index is -0.574. The zero-order chi connectivity index (χ0) is 23.1. The van der Waals surface area contributed by atoms with Gasteiger partial charge in [0.05, 0.1) is 13.2 Å². The van der Waals surface area contributed by atoms with Gasteiger partial charge in [0.15, 0.2) is 5.82 Å². The molecule has 2 saturated heterocycles. The van der Waals surface area contributed by atoms with E-state index in [4.69, 9.17) is 24.2 Å². The predicted molar refractivity (Wildman–Crippen MR) is 128 cm³/mol. The number of aliphatic hydroxyl groups is 1. The average Bonchev–Trinajstić information content (AvgIpc) is 2.84. The second kappa shape index (κ2) is 11.1. The van der Waals surface area contributed by atoms with Crippen molar-refractivity contribution in [1.29, 1.82) is 0 Å². The van der Waals surface area contributed by atoms with E-state index in [1.54, 1.807) is 7.05 Å². The fourth-order valence-corrected chi connectivity index (χ4v) is 4.05. The molecule has 2 aliphatic heterocycles. The Hall–Kier alpha value is -2.46. The lowest BCUT2D eigenvalue weighted by Gasteiger charge is -2.35.